The molecule has 1 aromatic heterocycles. The molecule has 182 valence electrons. The Labute approximate surface area is 200 Å². The first-order chi connectivity index (χ1) is 16.2. The molecule has 2 N–H and O–H groups in total. The number of rotatable bonds is 7. The molecule has 1 aliphatic heterocycles. The molecule has 4 rings (SSSR count). The van der Waals surface area contributed by atoms with E-state index in [-0.39, 0.29) is 36.0 Å². The van der Waals surface area contributed by atoms with Crippen LogP contribution in [-0.2, 0) is 17.9 Å². The number of carbonyl (C=O) groups excluding carboxylic acids is 3. The summed E-state index contributed by atoms with van der Waals surface area (Å²) in [5.74, 6) is -0.807. The maximum Gasteiger partial charge on any atom is 0.273 e. The number of hydrogen-bond acceptors (Lipinski definition) is 5. The maximum atomic E-state index is 13.3. The van der Waals surface area contributed by atoms with Crippen LogP contribution in [0.5, 0.6) is 0 Å². The van der Waals surface area contributed by atoms with Crippen molar-refractivity contribution >= 4 is 23.4 Å². The highest BCUT2D eigenvalue weighted by atomic mass is 16.2. The summed E-state index contributed by atoms with van der Waals surface area (Å²) in [5.41, 5.74) is 1.48. The minimum Gasteiger partial charge on any atom is -0.378 e. The summed E-state index contributed by atoms with van der Waals surface area (Å²) in [6, 6.07) is 9.59. The Kier molecular flexibility index (Phi) is 6.63. The second-order valence-electron chi connectivity index (χ2n) is 9.59. The average molecular weight is 467 g/mol. The summed E-state index contributed by atoms with van der Waals surface area (Å²) < 4.78 is 1.50. The van der Waals surface area contributed by atoms with Gasteiger partial charge < -0.3 is 20.4 Å². The topological polar surface area (TPSA) is 99.6 Å². The molecule has 0 spiro atoms. The molecule has 34 heavy (non-hydrogen) atoms. The average Bonchev–Trinajstić information content (AvgIpc) is 3.48. The second kappa shape index (κ2) is 9.48. The molecule has 9 nitrogen and oxygen atoms in total. The number of carbonyl (C=O) groups is 3. The predicted molar refractivity (Wildman–Crippen MR) is 130 cm³/mol. The number of likely N-dealkylation sites (N-methyl/N-ethyl adjacent to an activating group) is 1. The lowest BCUT2D eigenvalue weighted by molar-refractivity contribution is -0.133. The third-order valence-corrected chi connectivity index (χ3v) is 6.93. The lowest BCUT2D eigenvalue weighted by atomic mass is 9.94. The zero-order valence-electron chi connectivity index (χ0n) is 20.4. The van der Waals surface area contributed by atoms with Crippen molar-refractivity contribution in [3.8, 4) is 0 Å². The fourth-order valence-electron chi connectivity index (χ4n) is 4.84. The van der Waals surface area contributed by atoms with Crippen LogP contribution >= 0.6 is 0 Å². The molecule has 0 unspecified atom stereocenters. The lowest BCUT2D eigenvalue weighted by Crippen LogP contribution is -2.64. The quantitative estimate of drug-likeness (QED) is 0.652. The molecule has 3 amide bonds. The molecule has 1 aliphatic carbocycles. The summed E-state index contributed by atoms with van der Waals surface area (Å²) >= 11 is 0. The zero-order valence-corrected chi connectivity index (χ0v) is 20.4. The van der Waals surface area contributed by atoms with Gasteiger partial charge in [0.2, 0.25) is 5.91 Å². The van der Waals surface area contributed by atoms with Crippen molar-refractivity contribution < 1.29 is 14.4 Å². The maximum absolute atomic E-state index is 13.3. The van der Waals surface area contributed by atoms with E-state index < -0.39 is 5.54 Å². The number of amides is 3. The van der Waals surface area contributed by atoms with Gasteiger partial charge in [-0.1, -0.05) is 25.0 Å². The molecule has 0 saturated heterocycles. The normalized spacial score (nSPS) is 20.2. The number of benzene rings is 1. The summed E-state index contributed by atoms with van der Waals surface area (Å²) in [6.07, 6.45) is 4.16. The molecule has 0 radical (unpaired) electrons. The Morgan fingerprint density at radius 2 is 1.85 bits per heavy atom. The molecule has 1 atom stereocenters. The van der Waals surface area contributed by atoms with E-state index in [9.17, 15) is 14.4 Å². The van der Waals surface area contributed by atoms with Gasteiger partial charge in [-0.25, -0.2) is 0 Å². The van der Waals surface area contributed by atoms with Gasteiger partial charge in [-0.3, -0.25) is 19.1 Å². The van der Waals surface area contributed by atoms with E-state index in [1.807, 2.05) is 50.2 Å². The van der Waals surface area contributed by atoms with Crippen LogP contribution in [0.3, 0.4) is 0 Å². The van der Waals surface area contributed by atoms with Gasteiger partial charge in [0.25, 0.3) is 11.8 Å². The monoisotopic (exact) mass is 466 g/mol. The second-order valence-corrected chi connectivity index (χ2v) is 9.59. The smallest absolute Gasteiger partial charge is 0.273 e. The minimum absolute atomic E-state index is 0.158. The van der Waals surface area contributed by atoms with Crippen LogP contribution in [0.4, 0.5) is 5.69 Å². The van der Waals surface area contributed by atoms with Crippen LogP contribution in [0.15, 0.2) is 30.3 Å². The Morgan fingerprint density at radius 3 is 2.47 bits per heavy atom. The van der Waals surface area contributed by atoms with E-state index in [1.165, 1.54) is 10.7 Å². The van der Waals surface area contributed by atoms with Crippen LogP contribution in [-0.4, -0.2) is 64.6 Å². The van der Waals surface area contributed by atoms with E-state index >= 15 is 0 Å². The third-order valence-electron chi connectivity index (χ3n) is 6.93. The van der Waals surface area contributed by atoms with Crippen molar-refractivity contribution in [2.24, 2.45) is 0 Å². The highest BCUT2D eigenvalue weighted by molar-refractivity contribution is 6.01. The standard InChI is InChI=1S/C25H34N6O3/c1-5-30-23(33)21-14-20(22(32)26-15-17-10-12-19(13-11-17)29(3)4)28-31(21)16-25(30,2)24(34)27-18-8-6-7-9-18/h10-14,18H,5-9,15-16H2,1-4H3,(H,26,32)(H,27,34)/t25-/m0/s1. The first-order valence-corrected chi connectivity index (χ1v) is 12.0. The molecule has 1 saturated carbocycles. The van der Waals surface area contributed by atoms with Crippen LogP contribution in [0.2, 0.25) is 0 Å². The highest BCUT2D eigenvalue weighted by Crippen LogP contribution is 2.28. The summed E-state index contributed by atoms with van der Waals surface area (Å²) in [5, 5.41) is 10.4. The molecular formula is C25H34N6O3. The number of anilines is 1. The number of nitrogens with one attached hydrogen (secondary N) is 2. The zero-order chi connectivity index (χ0) is 24.5. The lowest BCUT2D eigenvalue weighted by Gasteiger charge is -2.43. The van der Waals surface area contributed by atoms with Crippen molar-refractivity contribution in [2.75, 3.05) is 25.5 Å². The van der Waals surface area contributed by atoms with E-state index in [0.29, 0.717) is 18.8 Å². The molecule has 0 bridgehead atoms. The Morgan fingerprint density at radius 1 is 1.18 bits per heavy atom. The van der Waals surface area contributed by atoms with Gasteiger partial charge in [0.15, 0.2) is 5.69 Å². The first kappa shape index (κ1) is 23.8. The molecule has 2 aromatic rings. The third kappa shape index (κ3) is 4.51. The SMILES string of the molecule is CCN1C(=O)c2cc(C(=O)NCc3ccc(N(C)C)cc3)nn2C[C@@]1(C)C(=O)NC1CCCC1. The number of fused-ring (bicyclic) bond motifs is 1. The van der Waals surface area contributed by atoms with Gasteiger partial charge in [-0.2, -0.15) is 5.10 Å². The van der Waals surface area contributed by atoms with Crippen molar-refractivity contribution in [3.63, 3.8) is 0 Å². The largest absolute Gasteiger partial charge is 0.378 e. The van der Waals surface area contributed by atoms with Crippen LogP contribution in [0, 0.1) is 0 Å². The fraction of sp³-hybridized carbons (Fsp3) is 0.520. The van der Waals surface area contributed by atoms with Crippen molar-refractivity contribution in [3.05, 3.63) is 47.3 Å². The van der Waals surface area contributed by atoms with Crippen molar-refractivity contribution in [2.45, 2.75) is 64.2 Å². The first-order valence-electron chi connectivity index (χ1n) is 12.0. The summed E-state index contributed by atoms with van der Waals surface area (Å²) in [4.78, 5) is 42.9. The summed E-state index contributed by atoms with van der Waals surface area (Å²) in [7, 11) is 3.95. The number of aromatic nitrogens is 2. The fourth-order valence-corrected chi connectivity index (χ4v) is 4.84. The Bertz CT molecular complexity index is 1070. The van der Waals surface area contributed by atoms with E-state index in [2.05, 4.69) is 15.7 Å². The van der Waals surface area contributed by atoms with Crippen molar-refractivity contribution in [1.82, 2.24) is 25.3 Å². The van der Waals surface area contributed by atoms with Gasteiger partial charge in [-0.15, -0.1) is 0 Å². The number of nitrogens with zero attached hydrogens (tertiary/aromatic N) is 4. The van der Waals surface area contributed by atoms with E-state index in [1.54, 1.807) is 11.8 Å². The van der Waals surface area contributed by atoms with Crippen molar-refractivity contribution in [1.29, 1.82) is 0 Å². The molecular weight excluding hydrogens is 432 g/mol. The van der Waals surface area contributed by atoms with Crippen LogP contribution < -0.4 is 15.5 Å². The predicted octanol–water partition coefficient (Wildman–Crippen LogP) is 2.17. The molecule has 1 fully saturated rings. The molecule has 9 heteroatoms. The summed E-state index contributed by atoms with van der Waals surface area (Å²) in [6.45, 7) is 4.59. The highest BCUT2D eigenvalue weighted by Gasteiger charge is 2.48. The van der Waals surface area contributed by atoms with Gasteiger partial charge >= 0.3 is 0 Å². The van der Waals surface area contributed by atoms with Gasteiger partial charge in [0.1, 0.15) is 11.2 Å². The molecule has 2 aliphatic rings. The molecule has 1 aromatic carbocycles. The van der Waals surface area contributed by atoms with Gasteiger partial charge in [0.05, 0.1) is 6.54 Å². The number of hydrogen-bond donors (Lipinski definition) is 2. The van der Waals surface area contributed by atoms with Gasteiger partial charge in [-0.05, 0) is 44.4 Å². The van der Waals surface area contributed by atoms with E-state index in [0.717, 1.165) is 36.9 Å². The Balaban J connectivity index is 1.48. The van der Waals surface area contributed by atoms with Crippen LogP contribution in [0.1, 0.15) is 66.1 Å². The van der Waals surface area contributed by atoms with E-state index in [4.69, 9.17) is 0 Å². The Hall–Kier alpha value is -3.36. The molecule has 2 heterocycles. The van der Waals surface area contributed by atoms with Crippen LogP contribution in [0.25, 0.3) is 0 Å². The minimum atomic E-state index is -1.06. The van der Waals surface area contributed by atoms with Gasteiger partial charge in [0, 0.05) is 45.0 Å².